The number of hydrogen-bond donors (Lipinski definition) is 3. The van der Waals surface area contributed by atoms with Gasteiger partial charge >= 0.3 is 5.97 Å². The minimum Gasteiger partial charge on any atom is -0.478 e. The molecule has 0 heterocycles. The summed E-state index contributed by atoms with van der Waals surface area (Å²) in [5.74, 6) is -1.17. The van der Waals surface area contributed by atoms with E-state index >= 15 is 0 Å². The molecule has 6 nitrogen and oxygen atoms in total. The summed E-state index contributed by atoms with van der Waals surface area (Å²) in [5.41, 5.74) is 5.63. The SMILES string of the molecule is Cc1ccc(C(=O)O)cc1S(=O)(=O)NCCN. The van der Waals surface area contributed by atoms with Crippen molar-refractivity contribution >= 4 is 16.0 Å². The summed E-state index contributed by atoms with van der Waals surface area (Å²) in [5, 5.41) is 8.81. The van der Waals surface area contributed by atoms with Gasteiger partial charge in [0.15, 0.2) is 0 Å². The van der Waals surface area contributed by atoms with E-state index in [4.69, 9.17) is 10.8 Å². The van der Waals surface area contributed by atoms with Gasteiger partial charge in [-0.2, -0.15) is 0 Å². The molecular weight excluding hydrogens is 244 g/mol. The van der Waals surface area contributed by atoms with E-state index in [1.165, 1.54) is 12.1 Å². The molecule has 0 unspecified atom stereocenters. The van der Waals surface area contributed by atoms with Crippen molar-refractivity contribution in [3.8, 4) is 0 Å². The average molecular weight is 258 g/mol. The van der Waals surface area contributed by atoms with Gasteiger partial charge in [0.2, 0.25) is 10.0 Å². The number of carbonyl (C=O) groups is 1. The molecule has 17 heavy (non-hydrogen) atoms. The monoisotopic (exact) mass is 258 g/mol. The van der Waals surface area contributed by atoms with Gasteiger partial charge in [-0.1, -0.05) is 6.07 Å². The van der Waals surface area contributed by atoms with Crippen molar-refractivity contribution in [2.75, 3.05) is 13.1 Å². The number of nitrogens with one attached hydrogen (secondary N) is 1. The summed E-state index contributed by atoms with van der Waals surface area (Å²) in [6, 6.07) is 3.95. The molecule has 0 fully saturated rings. The Balaban J connectivity index is 3.20. The number of aryl methyl sites for hydroxylation is 1. The summed E-state index contributed by atoms with van der Waals surface area (Å²) in [4.78, 5) is 10.7. The lowest BCUT2D eigenvalue weighted by molar-refractivity contribution is 0.0696. The van der Waals surface area contributed by atoms with Crippen LogP contribution in [0.2, 0.25) is 0 Å². The number of carboxylic acids is 1. The van der Waals surface area contributed by atoms with Crippen molar-refractivity contribution in [1.82, 2.24) is 4.72 Å². The molecule has 0 aliphatic rings. The number of aromatic carboxylic acids is 1. The van der Waals surface area contributed by atoms with Crippen LogP contribution in [0.4, 0.5) is 0 Å². The number of nitrogens with two attached hydrogens (primary N) is 1. The van der Waals surface area contributed by atoms with E-state index in [-0.39, 0.29) is 23.5 Å². The maximum atomic E-state index is 11.8. The van der Waals surface area contributed by atoms with Gasteiger partial charge in [0.1, 0.15) is 0 Å². The normalized spacial score (nSPS) is 11.4. The summed E-state index contributed by atoms with van der Waals surface area (Å²) in [6.45, 7) is 1.89. The smallest absolute Gasteiger partial charge is 0.335 e. The van der Waals surface area contributed by atoms with Crippen molar-refractivity contribution in [2.45, 2.75) is 11.8 Å². The van der Waals surface area contributed by atoms with Crippen LogP contribution >= 0.6 is 0 Å². The zero-order valence-corrected chi connectivity index (χ0v) is 10.1. The van der Waals surface area contributed by atoms with E-state index in [0.717, 1.165) is 6.07 Å². The summed E-state index contributed by atoms with van der Waals surface area (Å²) < 4.78 is 25.9. The fourth-order valence-electron chi connectivity index (χ4n) is 1.29. The van der Waals surface area contributed by atoms with Crippen LogP contribution < -0.4 is 10.5 Å². The molecule has 0 amide bonds. The molecule has 0 saturated heterocycles. The zero-order valence-electron chi connectivity index (χ0n) is 9.30. The highest BCUT2D eigenvalue weighted by Crippen LogP contribution is 2.16. The molecule has 0 aliphatic carbocycles. The molecule has 0 saturated carbocycles. The molecule has 4 N–H and O–H groups in total. The van der Waals surface area contributed by atoms with Crippen molar-refractivity contribution < 1.29 is 18.3 Å². The minimum atomic E-state index is -3.70. The number of benzene rings is 1. The van der Waals surface area contributed by atoms with Gasteiger partial charge in [0.05, 0.1) is 10.5 Å². The summed E-state index contributed by atoms with van der Waals surface area (Å²) in [7, 11) is -3.70. The second-order valence-corrected chi connectivity index (χ2v) is 5.21. The molecule has 1 rings (SSSR count). The predicted molar refractivity (Wildman–Crippen MR) is 62.4 cm³/mol. The molecule has 0 aliphatic heterocycles. The second kappa shape index (κ2) is 5.26. The van der Waals surface area contributed by atoms with Crippen molar-refractivity contribution in [2.24, 2.45) is 5.73 Å². The molecule has 94 valence electrons. The average Bonchev–Trinajstić information content (AvgIpc) is 2.26. The molecule has 0 radical (unpaired) electrons. The molecule has 0 bridgehead atoms. The Labute approximate surface area is 99.5 Å². The Hall–Kier alpha value is -1.44. The van der Waals surface area contributed by atoms with Crippen molar-refractivity contribution in [1.29, 1.82) is 0 Å². The van der Waals surface area contributed by atoms with Gasteiger partial charge in [0.25, 0.3) is 0 Å². The first-order valence-electron chi connectivity index (χ1n) is 4.92. The topological polar surface area (TPSA) is 109 Å². The van der Waals surface area contributed by atoms with Crippen LogP contribution in [0.1, 0.15) is 15.9 Å². The van der Waals surface area contributed by atoms with Gasteiger partial charge in [-0.05, 0) is 24.6 Å². The van der Waals surface area contributed by atoms with Crippen molar-refractivity contribution in [3.63, 3.8) is 0 Å². The van der Waals surface area contributed by atoms with Crippen LogP contribution in [0.25, 0.3) is 0 Å². The highest BCUT2D eigenvalue weighted by Gasteiger charge is 2.18. The van der Waals surface area contributed by atoms with E-state index < -0.39 is 16.0 Å². The lowest BCUT2D eigenvalue weighted by Crippen LogP contribution is -2.29. The minimum absolute atomic E-state index is 0.0362. The van der Waals surface area contributed by atoms with Gasteiger partial charge in [-0.3, -0.25) is 0 Å². The quantitative estimate of drug-likeness (QED) is 0.685. The van der Waals surface area contributed by atoms with E-state index in [1.54, 1.807) is 6.92 Å². The molecule has 0 spiro atoms. The highest BCUT2D eigenvalue weighted by atomic mass is 32.2. The fourth-order valence-corrected chi connectivity index (χ4v) is 2.61. The van der Waals surface area contributed by atoms with Gasteiger partial charge in [-0.25, -0.2) is 17.9 Å². The van der Waals surface area contributed by atoms with Crippen LogP contribution in [0, 0.1) is 6.92 Å². The lowest BCUT2D eigenvalue weighted by atomic mass is 10.1. The van der Waals surface area contributed by atoms with Crippen LogP contribution in [0.15, 0.2) is 23.1 Å². The number of carboxylic acid groups (broad SMARTS) is 1. The summed E-state index contributed by atoms with van der Waals surface area (Å²) >= 11 is 0. The van der Waals surface area contributed by atoms with Crippen LogP contribution in [-0.2, 0) is 10.0 Å². The van der Waals surface area contributed by atoms with Crippen molar-refractivity contribution in [3.05, 3.63) is 29.3 Å². The van der Waals surface area contributed by atoms with E-state index in [2.05, 4.69) is 4.72 Å². The fraction of sp³-hybridized carbons (Fsp3) is 0.300. The number of sulfonamides is 1. The zero-order chi connectivity index (χ0) is 13.1. The lowest BCUT2D eigenvalue weighted by Gasteiger charge is -2.09. The predicted octanol–water partition coefficient (Wildman–Crippen LogP) is -0.0698. The van der Waals surface area contributed by atoms with Crippen LogP contribution in [0.5, 0.6) is 0 Å². The molecule has 0 atom stereocenters. The maximum Gasteiger partial charge on any atom is 0.335 e. The van der Waals surface area contributed by atoms with Gasteiger partial charge in [0, 0.05) is 13.1 Å². The van der Waals surface area contributed by atoms with Gasteiger partial charge < -0.3 is 10.8 Å². The first kappa shape index (κ1) is 13.6. The van der Waals surface area contributed by atoms with Crippen LogP contribution in [-0.4, -0.2) is 32.6 Å². The molecule has 1 aromatic rings. The molecular formula is C10H14N2O4S. The third-order valence-corrected chi connectivity index (χ3v) is 3.76. The number of rotatable bonds is 5. The van der Waals surface area contributed by atoms with E-state index in [0.29, 0.717) is 5.56 Å². The Kier molecular flexibility index (Phi) is 4.22. The number of hydrogen-bond acceptors (Lipinski definition) is 4. The molecule has 1 aromatic carbocycles. The van der Waals surface area contributed by atoms with E-state index in [1.807, 2.05) is 0 Å². The molecule has 0 aromatic heterocycles. The van der Waals surface area contributed by atoms with Crippen LogP contribution in [0.3, 0.4) is 0 Å². The largest absolute Gasteiger partial charge is 0.478 e. The summed E-state index contributed by atoms with van der Waals surface area (Å²) in [6.07, 6.45) is 0. The Morgan fingerprint density at radius 3 is 2.65 bits per heavy atom. The Bertz CT molecular complexity index is 525. The maximum absolute atomic E-state index is 11.8. The standard InChI is InChI=1S/C10H14N2O4S/c1-7-2-3-8(10(13)14)6-9(7)17(15,16)12-5-4-11/h2-3,6,12H,4-5,11H2,1H3,(H,13,14). The second-order valence-electron chi connectivity index (χ2n) is 3.47. The third kappa shape index (κ3) is 3.26. The van der Waals surface area contributed by atoms with E-state index in [9.17, 15) is 13.2 Å². The van der Waals surface area contributed by atoms with Gasteiger partial charge in [-0.15, -0.1) is 0 Å². The Morgan fingerprint density at radius 2 is 2.12 bits per heavy atom. The first-order chi connectivity index (χ1) is 7.88. The highest BCUT2D eigenvalue weighted by molar-refractivity contribution is 7.89. The Morgan fingerprint density at radius 1 is 1.47 bits per heavy atom. The first-order valence-corrected chi connectivity index (χ1v) is 6.40. The molecule has 7 heteroatoms. The third-order valence-electron chi connectivity index (χ3n) is 2.16.